The van der Waals surface area contributed by atoms with Crippen LogP contribution >= 0.6 is 11.6 Å². The zero-order valence-electron chi connectivity index (χ0n) is 18.8. The maximum atomic E-state index is 14.1. The van der Waals surface area contributed by atoms with Crippen molar-refractivity contribution in [1.82, 2.24) is 19.8 Å². The summed E-state index contributed by atoms with van der Waals surface area (Å²) in [7, 11) is 0. The van der Waals surface area contributed by atoms with Gasteiger partial charge in [-0.25, -0.2) is 14.2 Å². The van der Waals surface area contributed by atoms with Gasteiger partial charge in [-0.15, -0.1) is 0 Å². The van der Waals surface area contributed by atoms with Gasteiger partial charge in [-0.2, -0.15) is 0 Å². The first-order chi connectivity index (χ1) is 16.0. The van der Waals surface area contributed by atoms with Gasteiger partial charge >= 0.3 is 6.09 Å². The Hall–Kier alpha value is -2.45. The normalized spacial score (nSPS) is 22.5. The molecule has 0 unspecified atom stereocenters. The molecule has 33 heavy (non-hydrogen) atoms. The van der Waals surface area contributed by atoms with E-state index in [9.17, 15) is 9.18 Å². The molecule has 2 aromatic rings. The summed E-state index contributed by atoms with van der Waals surface area (Å²) >= 11 is 5.98. The van der Waals surface area contributed by atoms with Crippen molar-refractivity contribution in [3.05, 3.63) is 41.4 Å². The summed E-state index contributed by atoms with van der Waals surface area (Å²) < 4.78 is 19.2. The number of aromatic nitrogens is 2. The molecule has 9 heteroatoms. The third-order valence-corrected chi connectivity index (χ3v) is 7.45. The van der Waals surface area contributed by atoms with Crippen molar-refractivity contribution in [2.75, 3.05) is 50.8 Å². The second-order valence-electron chi connectivity index (χ2n) is 9.36. The first-order valence-electron chi connectivity index (χ1n) is 11.6. The van der Waals surface area contributed by atoms with Crippen LogP contribution in [0.4, 0.5) is 14.9 Å². The van der Waals surface area contributed by atoms with E-state index >= 15 is 0 Å². The Morgan fingerprint density at radius 2 is 2.00 bits per heavy atom. The van der Waals surface area contributed by atoms with Crippen LogP contribution in [0.5, 0.6) is 0 Å². The Labute approximate surface area is 198 Å². The lowest BCUT2D eigenvalue weighted by atomic mass is 9.78. The number of rotatable bonds is 4. The largest absolute Gasteiger partial charge is 0.450 e. The number of pyridine rings is 2. The highest BCUT2D eigenvalue weighted by molar-refractivity contribution is 6.30. The minimum Gasteiger partial charge on any atom is -0.450 e. The number of hydrogen-bond donors (Lipinski definition) is 0. The van der Waals surface area contributed by atoms with Gasteiger partial charge in [0.25, 0.3) is 0 Å². The highest BCUT2D eigenvalue weighted by Gasteiger charge is 2.51. The molecule has 1 aliphatic carbocycles. The van der Waals surface area contributed by atoms with Crippen molar-refractivity contribution < 1.29 is 13.9 Å². The quantitative estimate of drug-likeness (QED) is 0.667. The van der Waals surface area contributed by atoms with Gasteiger partial charge in [0.15, 0.2) is 0 Å². The molecule has 1 atom stereocenters. The molecule has 0 aromatic carbocycles. The fraction of sp³-hybridized carbons (Fsp3) is 0.542. The maximum absolute atomic E-state index is 14.1. The number of likely N-dealkylation sites (tertiary alicyclic amines) is 1. The van der Waals surface area contributed by atoms with Crippen molar-refractivity contribution in [3.8, 4) is 11.4 Å². The number of ether oxygens (including phenoxy) is 1. The van der Waals surface area contributed by atoms with Gasteiger partial charge in [-0.05, 0) is 38.3 Å². The molecule has 1 saturated carbocycles. The van der Waals surface area contributed by atoms with Crippen LogP contribution in [-0.2, 0) is 4.74 Å². The summed E-state index contributed by atoms with van der Waals surface area (Å²) in [6.07, 6.45) is 6.09. The summed E-state index contributed by atoms with van der Waals surface area (Å²) in [5.74, 6) is -0.348. The van der Waals surface area contributed by atoms with E-state index in [-0.39, 0.29) is 17.3 Å². The monoisotopic (exact) mass is 473 g/mol. The Morgan fingerprint density at radius 1 is 1.21 bits per heavy atom. The Balaban J connectivity index is 1.21. The molecular formula is C24H29ClFN5O2. The summed E-state index contributed by atoms with van der Waals surface area (Å²) in [5.41, 5.74) is 2.39. The van der Waals surface area contributed by atoms with Crippen LogP contribution in [0.15, 0.2) is 30.6 Å². The van der Waals surface area contributed by atoms with E-state index in [0.717, 1.165) is 64.2 Å². The minimum atomic E-state index is -0.348. The zero-order chi connectivity index (χ0) is 23.0. The topological polar surface area (TPSA) is 61.8 Å². The number of carbonyl (C=O) groups excluding carboxylic acids is 1. The fourth-order valence-corrected chi connectivity index (χ4v) is 5.71. The summed E-state index contributed by atoms with van der Waals surface area (Å²) in [6, 6.07) is 5.69. The molecule has 4 heterocycles. The Kier molecular flexibility index (Phi) is 6.14. The highest BCUT2D eigenvalue weighted by Crippen LogP contribution is 2.47. The molecule has 0 N–H and O–H groups in total. The van der Waals surface area contributed by atoms with Crippen LogP contribution in [-0.4, -0.2) is 77.8 Å². The summed E-state index contributed by atoms with van der Waals surface area (Å²) in [5, 5.41) is 0.558. The first kappa shape index (κ1) is 22.3. The molecular weight excluding hydrogens is 445 g/mol. The molecule has 0 bridgehead atoms. The van der Waals surface area contributed by atoms with Gasteiger partial charge in [0.2, 0.25) is 0 Å². The molecule has 7 nitrogen and oxygen atoms in total. The van der Waals surface area contributed by atoms with E-state index in [1.54, 1.807) is 18.3 Å². The van der Waals surface area contributed by atoms with Crippen LogP contribution in [0, 0.1) is 11.2 Å². The lowest BCUT2D eigenvalue weighted by molar-refractivity contribution is -0.00294. The van der Waals surface area contributed by atoms with Gasteiger partial charge in [0.1, 0.15) is 11.5 Å². The van der Waals surface area contributed by atoms with Crippen LogP contribution < -0.4 is 4.90 Å². The van der Waals surface area contributed by atoms with E-state index in [0.29, 0.717) is 29.1 Å². The van der Waals surface area contributed by atoms with Crippen LogP contribution in [0.3, 0.4) is 0 Å². The molecule has 0 radical (unpaired) electrons. The van der Waals surface area contributed by atoms with E-state index in [2.05, 4.69) is 19.8 Å². The van der Waals surface area contributed by atoms with Crippen molar-refractivity contribution >= 4 is 23.4 Å². The third kappa shape index (κ3) is 4.51. The Morgan fingerprint density at radius 3 is 2.70 bits per heavy atom. The third-order valence-electron chi connectivity index (χ3n) is 7.23. The van der Waals surface area contributed by atoms with Crippen molar-refractivity contribution in [2.24, 2.45) is 5.41 Å². The molecule has 5 rings (SSSR count). The van der Waals surface area contributed by atoms with Gasteiger partial charge < -0.3 is 14.5 Å². The molecule has 3 fully saturated rings. The average molecular weight is 474 g/mol. The lowest BCUT2D eigenvalue weighted by Crippen LogP contribution is -2.58. The molecule has 2 aromatic heterocycles. The summed E-state index contributed by atoms with van der Waals surface area (Å²) in [6.45, 7) is 7.36. The first-order valence-corrected chi connectivity index (χ1v) is 12.0. The van der Waals surface area contributed by atoms with Gasteiger partial charge in [0.05, 0.1) is 29.2 Å². The van der Waals surface area contributed by atoms with Crippen molar-refractivity contribution in [1.29, 1.82) is 0 Å². The average Bonchev–Trinajstić information content (AvgIpc) is 3.25. The smallest absolute Gasteiger partial charge is 0.409 e. The zero-order valence-corrected chi connectivity index (χ0v) is 19.6. The Bertz CT molecular complexity index is 1010. The summed E-state index contributed by atoms with van der Waals surface area (Å²) in [4.78, 5) is 27.3. The molecule has 1 amide bonds. The van der Waals surface area contributed by atoms with Crippen molar-refractivity contribution in [2.45, 2.75) is 32.2 Å². The van der Waals surface area contributed by atoms with Crippen molar-refractivity contribution in [3.63, 3.8) is 0 Å². The number of nitrogens with zero attached hydrogens (tertiary/aromatic N) is 5. The van der Waals surface area contributed by atoms with E-state index in [1.807, 2.05) is 17.9 Å². The van der Waals surface area contributed by atoms with E-state index < -0.39 is 0 Å². The number of halogens is 2. The molecule has 2 aliphatic heterocycles. The second-order valence-corrected chi connectivity index (χ2v) is 9.79. The number of amides is 1. The molecule has 3 aliphatic rings. The second kappa shape index (κ2) is 9.06. The van der Waals surface area contributed by atoms with E-state index in [4.69, 9.17) is 16.3 Å². The predicted molar refractivity (Wildman–Crippen MR) is 125 cm³/mol. The van der Waals surface area contributed by atoms with Gasteiger partial charge in [-0.3, -0.25) is 9.88 Å². The maximum Gasteiger partial charge on any atom is 0.409 e. The van der Waals surface area contributed by atoms with Crippen LogP contribution in [0.1, 0.15) is 26.2 Å². The molecule has 2 saturated heterocycles. The van der Waals surface area contributed by atoms with Crippen LogP contribution in [0.2, 0.25) is 5.02 Å². The van der Waals surface area contributed by atoms with Gasteiger partial charge in [0, 0.05) is 63.0 Å². The fourth-order valence-electron chi connectivity index (χ4n) is 5.59. The SMILES string of the molecule is CCOC(=O)N1CC2(CC[C@@H](N3CCN(c4cc(F)cnc4-c4ccc(Cl)cn4)CC3)C2)C1. The standard InChI is InChI=1S/C24H29ClFN5O2/c1-2-33-23(32)31-15-24(16-31)6-5-19(12-24)29-7-9-30(10-8-29)21-11-18(26)14-28-22(21)20-4-3-17(25)13-27-20/h3-4,11,13-14,19H,2,5-10,12,15-16H2,1H3/t19-/m1/s1. The lowest BCUT2D eigenvalue weighted by Gasteiger charge is -2.48. The number of hydrogen-bond acceptors (Lipinski definition) is 6. The number of piperazine rings is 1. The molecule has 1 spiro atoms. The number of anilines is 1. The minimum absolute atomic E-state index is 0.185. The van der Waals surface area contributed by atoms with E-state index in [1.165, 1.54) is 6.20 Å². The van der Waals surface area contributed by atoms with Crippen LogP contribution in [0.25, 0.3) is 11.4 Å². The van der Waals surface area contributed by atoms with Gasteiger partial charge in [-0.1, -0.05) is 11.6 Å². The predicted octanol–water partition coefficient (Wildman–Crippen LogP) is 4.07. The highest BCUT2D eigenvalue weighted by atomic mass is 35.5. The number of carbonyl (C=O) groups is 1. The molecule has 176 valence electrons.